The van der Waals surface area contributed by atoms with Crippen molar-refractivity contribution < 1.29 is 0 Å². The molecule has 2 aromatic rings. The van der Waals surface area contributed by atoms with Gasteiger partial charge in [-0.2, -0.15) is 0 Å². The average molecular weight is 263 g/mol. The largest absolute Gasteiger partial charge is 0.383 e. The number of nitrogens with one attached hydrogen (secondary N) is 1. The molecule has 94 valence electrons. The molecule has 0 saturated carbocycles. The van der Waals surface area contributed by atoms with Gasteiger partial charge in [0, 0.05) is 24.9 Å². The summed E-state index contributed by atoms with van der Waals surface area (Å²) in [5, 5.41) is 4.11. The molecule has 2 heterocycles. The van der Waals surface area contributed by atoms with Crippen LogP contribution in [0.1, 0.15) is 5.56 Å². The normalized spacial score (nSPS) is 10.3. The van der Waals surface area contributed by atoms with Gasteiger partial charge in [0.15, 0.2) is 5.16 Å². The highest BCUT2D eigenvalue weighted by Gasteiger charge is 2.08. The first-order valence-corrected chi connectivity index (χ1v) is 5.99. The molecule has 0 aliphatic heterocycles. The van der Waals surface area contributed by atoms with Gasteiger partial charge in [0.1, 0.15) is 16.7 Å². The fraction of sp³-hybridized carbons (Fsp3) is 0.200. The first-order chi connectivity index (χ1) is 8.58. The third-order valence-electron chi connectivity index (χ3n) is 2.08. The molecule has 0 saturated heterocycles. The van der Waals surface area contributed by atoms with Crippen LogP contribution in [0.25, 0.3) is 0 Å². The lowest BCUT2D eigenvalue weighted by Gasteiger charge is -2.06. The molecule has 2 rings (SSSR count). The van der Waals surface area contributed by atoms with Crippen molar-refractivity contribution in [3.63, 3.8) is 0 Å². The molecule has 0 bridgehead atoms. The minimum Gasteiger partial charge on any atom is -0.383 e. The second-order valence-electron chi connectivity index (χ2n) is 3.53. The Kier molecular flexibility index (Phi) is 3.47. The molecule has 0 spiro atoms. The number of aromatic nitrogens is 4. The van der Waals surface area contributed by atoms with E-state index in [0.717, 1.165) is 10.6 Å². The Morgan fingerprint density at radius 1 is 1.17 bits per heavy atom. The van der Waals surface area contributed by atoms with E-state index in [-0.39, 0.29) is 0 Å². The van der Waals surface area contributed by atoms with Crippen molar-refractivity contribution in [3.05, 3.63) is 17.8 Å². The quantitative estimate of drug-likeness (QED) is 0.553. The summed E-state index contributed by atoms with van der Waals surface area (Å²) in [5.74, 6) is 1.22. The molecule has 8 heteroatoms. The summed E-state index contributed by atoms with van der Waals surface area (Å²) in [4.78, 5) is 16.6. The van der Waals surface area contributed by atoms with Crippen LogP contribution in [0.2, 0.25) is 0 Å². The van der Waals surface area contributed by atoms with Gasteiger partial charge in [-0.1, -0.05) is 0 Å². The summed E-state index contributed by atoms with van der Waals surface area (Å²) in [5.41, 5.74) is 12.2. The highest BCUT2D eigenvalue weighted by molar-refractivity contribution is 7.99. The van der Waals surface area contributed by atoms with E-state index in [1.165, 1.54) is 17.8 Å². The van der Waals surface area contributed by atoms with E-state index in [2.05, 4.69) is 25.3 Å². The zero-order chi connectivity index (χ0) is 13.1. The summed E-state index contributed by atoms with van der Waals surface area (Å²) >= 11 is 1.30. The van der Waals surface area contributed by atoms with Crippen molar-refractivity contribution in [2.75, 3.05) is 23.8 Å². The van der Waals surface area contributed by atoms with Crippen LogP contribution in [-0.4, -0.2) is 27.0 Å². The molecule has 0 fully saturated rings. The van der Waals surface area contributed by atoms with E-state index in [9.17, 15) is 0 Å². The van der Waals surface area contributed by atoms with E-state index in [1.54, 1.807) is 13.2 Å². The van der Waals surface area contributed by atoms with Crippen LogP contribution < -0.4 is 16.8 Å². The number of anilines is 3. The highest BCUT2D eigenvalue weighted by atomic mass is 32.2. The van der Waals surface area contributed by atoms with Crippen LogP contribution in [-0.2, 0) is 0 Å². The minimum atomic E-state index is 0.338. The molecular weight excluding hydrogens is 250 g/mol. The number of nitrogens with two attached hydrogens (primary N) is 2. The minimum absolute atomic E-state index is 0.338. The number of rotatable bonds is 3. The third kappa shape index (κ3) is 2.77. The summed E-state index contributed by atoms with van der Waals surface area (Å²) in [6.07, 6.45) is 1.73. The topological polar surface area (TPSA) is 116 Å². The number of nitrogen functional groups attached to an aromatic ring is 2. The SMILES string of the molecule is CNc1ncc(C)c(Sc2nc(N)cc(N)n2)n1. The molecular formula is C10H13N7S. The van der Waals surface area contributed by atoms with Crippen LogP contribution in [0.3, 0.4) is 0 Å². The van der Waals surface area contributed by atoms with E-state index in [4.69, 9.17) is 11.5 Å². The smallest absolute Gasteiger partial charge is 0.223 e. The Morgan fingerprint density at radius 3 is 2.44 bits per heavy atom. The molecule has 2 aromatic heterocycles. The van der Waals surface area contributed by atoms with Crippen molar-refractivity contribution in [1.82, 2.24) is 19.9 Å². The van der Waals surface area contributed by atoms with Gasteiger partial charge in [0.2, 0.25) is 5.95 Å². The monoisotopic (exact) mass is 263 g/mol. The van der Waals surface area contributed by atoms with Gasteiger partial charge in [-0.05, 0) is 18.7 Å². The van der Waals surface area contributed by atoms with Gasteiger partial charge in [0.05, 0.1) is 0 Å². The van der Waals surface area contributed by atoms with Crippen molar-refractivity contribution >= 4 is 29.3 Å². The fourth-order valence-corrected chi connectivity index (χ4v) is 2.07. The Morgan fingerprint density at radius 2 is 1.83 bits per heavy atom. The van der Waals surface area contributed by atoms with Gasteiger partial charge >= 0.3 is 0 Å². The first kappa shape index (κ1) is 12.4. The average Bonchev–Trinajstić information content (AvgIpc) is 2.30. The fourth-order valence-electron chi connectivity index (χ4n) is 1.24. The summed E-state index contributed by atoms with van der Waals surface area (Å²) in [7, 11) is 1.76. The molecule has 7 nitrogen and oxygen atoms in total. The zero-order valence-electron chi connectivity index (χ0n) is 10.0. The maximum Gasteiger partial charge on any atom is 0.223 e. The van der Waals surface area contributed by atoms with Crippen molar-refractivity contribution in [3.8, 4) is 0 Å². The van der Waals surface area contributed by atoms with Crippen LogP contribution >= 0.6 is 11.8 Å². The van der Waals surface area contributed by atoms with E-state index in [0.29, 0.717) is 22.7 Å². The summed E-state index contributed by atoms with van der Waals surface area (Å²) < 4.78 is 0. The van der Waals surface area contributed by atoms with Crippen LogP contribution in [0, 0.1) is 6.92 Å². The number of hydrogen-bond acceptors (Lipinski definition) is 8. The zero-order valence-corrected chi connectivity index (χ0v) is 10.8. The van der Waals surface area contributed by atoms with E-state index in [1.807, 2.05) is 6.92 Å². The maximum absolute atomic E-state index is 5.62. The summed E-state index contributed by atoms with van der Waals surface area (Å²) in [6.45, 7) is 1.91. The summed E-state index contributed by atoms with van der Waals surface area (Å²) in [6, 6.07) is 1.51. The lowest BCUT2D eigenvalue weighted by molar-refractivity contribution is 0.959. The Balaban J connectivity index is 2.33. The standard InChI is InChI=1S/C10H13N7S/c1-5-4-14-9(13-2)17-8(5)18-10-15-6(11)3-7(12)16-10/h3-4H,1-2H3,(H,13,14,17)(H4,11,12,15,16). The number of aryl methyl sites for hydroxylation is 1. The van der Waals surface area contributed by atoms with Gasteiger partial charge in [-0.25, -0.2) is 19.9 Å². The van der Waals surface area contributed by atoms with Crippen molar-refractivity contribution in [1.29, 1.82) is 0 Å². The molecule has 5 N–H and O–H groups in total. The number of hydrogen-bond donors (Lipinski definition) is 3. The lowest BCUT2D eigenvalue weighted by Crippen LogP contribution is -2.01. The van der Waals surface area contributed by atoms with Crippen LogP contribution in [0.5, 0.6) is 0 Å². The van der Waals surface area contributed by atoms with Gasteiger partial charge in [-0.3, -0.25) is 0 Å². The van der Waals surface area contributed by atoms with Gasteiger partial charge in [0.25, 0.3) is 0 Å². The molecule has 0 amide bonds. The molecule has 0 radical (unpaired) electrons. The predicted octanol–water partition coefficient (Wildman–Crippen LogP) is 0.932. The molecule has 0 aliphatic rings. The molecule has 0 atom stereocenters. The third-order valence-corrected chi connectivity index (χ3v) is 3.05. The lowest BCUT2D eigenvalue weighted by atomic mass is 10.4. The van der Waals surface area contributed by atoms with Crippen LogP contribution in [0.15, 0.2) is 22.4 Å². The van der Waals surface area contributed by atoms with E-state index >= 15 is 0 Å². The van der Waals surface area contributed by atoms with Crippen molar-refractivity contribution in [2.45, 2.75) is 17.1 Å². The predicted molar refractivity (Wildman–Crippen MR) is 71.3 cm³/mol. The molecule has 18 heavy (non-hydrogen) atoms. The Bertz CT molecular complexity index is 552. The second kappa shape index (κ2) is 5.05. The second-order valence-corrected chi connectivity index (χ2v) is 4.49. The van der Waals surface area contributed by atoms with E-state index < -0.39 is 0 Å². The molecule has 0 aromatic carbocycles. The highest BCUT2D eigenvalue weighted by Crippen LogP contribution is 2.27. The maximum atomic E-state index is 5.62. The van der Waals surface area contributed by atoms with Gasteiger partial charge in [-0.15, -0.1) is 0 Å². The number of nitrogens with zero attached hydrogens (tertiary/aromatic N) is 4. The Labute approximate surface area is 108 Å². The van der Waals surface area contributed by atoms with Crippen molar-refractivity contribution in [2.24, 2.45) is 0 Å². The molecule has 0 aliphatic carbocycles. The first-order valence-electron chi connectivity index (χ1n) is 5.18. The molecule has 0 unspecified atom stereocenters. The van der Waals surface area contributed by atoms with Crippen LogP contribution in [0.4, 0.5) is 17.6 Å². The van der Waals surface area contributed by atoms with Gasteiger partial charge < -0.3 is 16.8 Å². The Hall–Kier alpha value is -2.09.